The van der Waals surface area contributed by atoms with E-state index in [-0.39, 0.29) is 36.2 Å². The molecule has 5 rings (SSSR count). The average molecular weight is 436 g/mol. The van der Waals surface area contributed by atoms with E-state index in [2.05, 4.69) is 15.4 Å². The molecule has 0 heterocycles. The first kappa shape index (κ1) is 21.8. The molecule has 0 saturated heterocycles. The van der Waals surface area contributed by atoms with Crippen LogP contribution >= 0.6 is 0 Å². The fraction of sp³-hybridized carbons (Fsp3) is 0.652. The van der Waals surface area contributed by atoms with Gasteiger partial charge in [-0.3, -0.25) is 4.79 Å². The summed E-state index contributed by atoms with van der Waals surface area (Å²) in [6.45, 7) is -2.22. The van der Waals surface area contributed by atoms with Gasteiger partial charge in [-0.2, -0.15) is 8.78 Å². The monoisotopic (exact) mass is 435 g/mol. The van der Waals surface area contributed by atoms with Gasteiger partial charge in [0.25, 0.3) is 0 Å². The van der Waals surface area contributed by atoms with Crippen LogP contribution in [0.25, 0.3) is 0 Å². The van der Waals surface area contributed by atoms with Crippen LogP contribution in [-0.2, 0) is 11.3 Å². The summed E-state index contributed by atoms with van der Waals surface area (Å²) in [6.07, 6.45) is 7.46. The maximum absolute atomic E-state index is 12.5. The SMILES string of the molecule is CN(Cc1ccc(OC(F)F)cc1)C(=O)CCNC(=O)NC12CC3CC(CC(C3)C1)C2. The lowest BCUT2D eigenvalue weighted by Crippen LogP contribution is -2.61. The number of nitrogens with zero attached hydrogens (tertiary/aromatic N) is 1. The van der Waals surface area contributed by atoms with Crippen molar-refractivity contribution in [3.63, 3.8) is 0 Å². The van der Waals surface area contributed by atoms with Crippen LogP contribution < -0.4 is 15.4 Å². The number of benzene rings is 1. The molecule has 0 aromatic heterocycles. The van der Waals surface area contributed by atoms with Crippen LogP contribution in [-0.4, -0.2) is 42.6 Å². The molecule has 4 aliphatic carbocycles. The van der Waals surface area contributed by atoms with Gasteiger partial charge in [-0.25, -0.2) is 4.79 Å². The highest BCUT2D eigenvalue weighted by atomic mass is 19.3. The Balaban J connectivity index is 1.18. The second-order valence-corrected chi connectivity index (χ2v) is 9.60. The van der Waals surface area contributed by atoms with Crippen molar-refractivity contribution in [2.75, 3.05) is 13.6 Å². The van der Waals surface area contributed by atoms with Gasteiger partial charge in [0, 0.05) is 32.1 Å². The Morgan fingerprint density at radius 2 is 1.68 bits per heavy atom. The van der Waals surface area contributed by atoms with E-state index in [0.717, 1.165) is 42.6 Å². The van der Waals surface area contributed by atoms with Gasteiger partial charge < -0.3 is 20.3 Å². The molecular formula is C23H31F2N3O3. The summed E-state index contributed by atoms with van der Waals surface area (Å²) in [5.41, 5.74) is 0.768. The number of carbonyl (C=O) groups excluding carboxylic acids is 2. The fourth-order valence-corrected chi connectivity index (χ4v) is 6.16. The standard InChI is InChI=1S/C23H31F2N3O3/c1-28(14-15-2-4-19(5-3-15)31-21(24)25)20(29)6-7-26-22(30)27-23-11-16-8-17(12-23)10-18(9-16)13-23/h2-5,16-18,21H,6-14H2,1H3,(H2,26,27,30). The molecule has 4 saturated carbocycles. The molecule has 1 aromatic rings. The number of halogens is 2. The van der Waals surface area contributed by atoms with Crippen molar-refractivity contribution < 1.29 is 23.1 Å². The highest BCUT2D eigenvalue weighted by Crippen LogP contribution is 2.55. The van der Waals surface area contributed by atoms with Crippen LogP contribution in [0.5, 0.6) is 5.75 Å². The fourth-order valence-electron chi connectivity index (χ4n) is 6.16. The minimum Gasteiger partial charge on any atom is -0.435 e. The van der Waals surface area contributed by atoms with Crippen LogP contribution in [0.2, 0.25) is 0 Å². The topological polar surface area (TPSA) is 70.7 Å². The molecule has 31 heavy (non-hydrogen) atoms. The maximum Gasteiger partial charge on any atom is 0.387 e. The Labute approximate surface area is 181 Å². The molecule has 0 atom stereocenters. The van der Waals surface area contributed by atoms with Gasteiger partial charge in [0.1, 0.15) is 5.75 Å². The van der Waals surface area contributed by atoms with Crippen LogP contribution in [0.1, 0.15) is 50.5 Å². The van der Waals surface area contributed by atoms with Gasteiger partial charge in [0.15, 0.2) is 0 Å². The van der Waals surface area contributed by atoms with Crippen molar-refractivity contribution in [3.05, 3.63) is 29.8 Å². The number of carbonyl (C=O) groups is 2. The Bertz CT molecular complexity index is 764. The first-order valence-corrected chi connectivity index (χ1v) is 11.1. The predicted molar refractivity (Wildman–Crippen MR) is 112 cm³/mol. The zero-order valence-electron chi connectivity index (χ0n) is 17.9. The number of nitrogens with one attached hydrogen (secondary N) is 2. The van der Waals surface area contributed by atoms with Crippen LogP contribution in [0.4, 0.5) is 13.6 Å². The molecule has 4 bridgehead atoms. The Morgan fingerprint density at radius 3 is 2.23 bits per heavy atom. The van der Waals surface area contributed by atoms with Crippen LogP contribution in [0.3, 0.4) is 0 Å². The maximum atomic E-state index is 12.5. The van der Waals surface area contributed by atoms with E-state index in [0.29, 0.717) is 6.54 Å². The molecule has 6 nitrogen and oxygen atoms in total. The van der Waals surface area contributed by atoms with Crippen LogP contribution in [0, 0.1) is 17.8 Å². The summed E-state index contributed by atoms with van der Waals surface area (Å²) in [7, 11) is 1.68. The van der Waals surface area contributed by atoms with Crippen molar-refractivity contribution in [2.24, 2.45) is 17.8 Å². The molecule has 2 N–H and O–H groups in total. The molecule has 3 amide bonds. The number of hydrogen-bond acceptors (Lipinski definition) is 3. The number of amides is 3. The van der Waals surface area contributed by atoms with E-state index >= 15 is 0 Å². The third-order valence-corrected chi connectivity index (χ3v) is 7.04. The second kappa shape index (κ2) is 9.01. The molecule has 170 valence electrons. The van der Waals surface area contributed by atoms with E-state index < -0.39 is 6.61 Å². The summed E-state index contributed by atoms with van der Waals surface area (Å²) in [4.78, 5) is 26.4. The zero-order chi connectivity index (χ0) is 22.0. The smallest absolute Gasteiger partial charge is 0.387 e. The van der Waals surface area contributed by atoms with E-state index in [1.54, 1.807) is 24.1 Å². The average Bonchev–Trinajstić information content (AvgIpc) is 2.67. The van der Waals surface area contributed by atoms with Crippen molar-refractivity contribution in [1.82, 2.24) is 15.5 Å². The first-order valence-electron chi connectivity index (χ1n) is 11.1. The van der Waals surface area contributed by atoms with Crippen molar-refractivity contribution in [1.29, 1.82) is 0 Å². The summed E-state index contributed by atoms with van der Waals surface area (Å²) >= 11 is 0. The summed E-state index contributed by atoms with van der Waals surface area (Å²) in [5, 5.41) is 6.09. The molecule has 0 unspecified atom stereocenters. The quantitative estimate of drug-likeness (QED) is 0.651. The molecule has 4 aliphatic rings. The number of hydrogen-bond donors (Lipinski definition) is 2. The number of urea groups is 1. The van der Waals surface area contributed by atoms with Crippen molar-refractivity contribution >= 4 is 11.9 Å². The number of rotatable bonds is 8. The normalized spacial score (nSPS) is 28.5. The molecule has 8 heteroatoms. The molecule has 0 aliphatic heterocycles. The zero-order valence-corrected chi connectivity index (χ0v) is 17.9. The van der Waals surface area contributed by atoms with E-state index in [4.69, 9.17) is 0 Å². The first-order chi connectivity index (χ1) is 14.8. The highest BCUT2D eigenvalue weighted by molar-refractivity contribution is 5.78. The molecular weight excluding hydrogens is 404 g/mol. The predicted octanol–water partition coefficient (Wildman–Crippen LogP) is 3.90. The lowest BCUT2D eigenvalue weighted by molar-refractivity contribution is -0.130. The number of ether oxygens (including phenoxy) is 1. The molecule has 1 aromatic carbocycles. The van der Waals surface area contributed by atoms with Gasteiger partial charge in [0.2, 0.25) is 5.91 Å². The summed E-state index contributed by atoms with van der Waals surface area (Å²) in [5.74, 6) is 2.28. The van der Waals surface area contributed by atoms with Crippen molar-refractivity contribution in [2.45, 2.75) is 63.6 Å². The third kappa shape index (κ3) is 5.46. The molecule has 0 radical (unpaired) electrons. The minimum atomic E-state index is -2.86. The molecule has 0 spiro atoms. The van der Waals surface area contributed by atoms with E-state index in [1.807, 2.05) is 0 Å². The lowest BCUT2D eigenvalue weighted by Gasteiger charge is -2.56. The minimum absolute atomic E-state index is 0.0418. The van der Waals surface area contributed by atoms with E-state index in [9.17, 15) is 18.4 Å². The largest absolute Gasteiger partial charge is 0.435 e. The number of alkyl halides is 2. The van der Waals surface area contributed by atoms with Gasteiger partial charge in [0.05, 0.1) is 0 Å². The summed E-state index contributed by atoms with van der Waals surface area (Å²) in [6, 6.07) is 6.04. The third-order valence-electron chi connectivity index (χ3n) is 7.04. The van der Waals surface area contributed by atoms with Gasteiger partial charge >= 0.3 is 12.6 Å². The lowest BCUT2D eigenvalue weighted by atomic mass is 9.53. The van der Waals surface area contributed by atoms with Gasteiger partial charge in [-0.1, -0.05) is 12.1 Å². The van der Waals surface area contributed by atoms with Gasteiger partial charge in [-0.05, 0) is 74.0 Å². The molecule has 4 fully saturated rings. The van der Waals surface area contributed by atoms with E-state index in [1.165, 1.54) is 31.4 Å². The van der Waals surface area contributed by atoms with Crippen molar-refractivity contribution in [3.8, 4) is 5.75 Å². The second-order valence-electron chi connectivity index (χ2n) is 9.60. The Hall–Kier alpha value is -2.38. The van der Waals surface area contributed by atoms with Crippen LogP contribution in [0.15, 0.2) is 24.3 Å². The van der Waals surface area contributed by atoms with Gasteiger partial charge in [-0.15, -0.1) is 0 Å². The summed E-state index contributed by atoms with van der Waals surface area (Å²) < 4.78 is 28.8. The Kier molecular flexibility index (Phi) is 6.34. The Morgan fingerprint density at radius 1 is 1.10 bits per heavy atom. The highest BCUT2D eigenvalue weighted by Gasteiger charge is 2.51.